The topological polar surface area (TPSA) is 108 Å². The largest absolute Gasteiger partial charge is 0.497 e. The lowest BCUT2D eigenvalue weighted by atomic mass is 10.2. The summed E-state index contributed by atoms with van der Waals surface area (Å²) in [7, 11) is 5.76. The summed E-state index contributed by atoms with van der Waals surface area (Å²) in [5.74, 6) is 0.0845. The minimum absolute atomic E-state index is 0.151. The number of rotatable bonds is 9. The zero-order valence-electron chi connectivity index (χ0n) is 17.5. The molecule has 1 N–H and O–H groups in total. The van der Waals surface area contributed by atoms with E-state index in [-0.39, 0.29) is 27.2 Å². The van der Waals surface area contributed by atoms with Crippen molar-refractivity contribution in [3.8, 4) is 23.0 Å². The number of nitrogens with zero attached hydrogens (tertiary/aromatic N) is 2. The lowest BCUT2D eigenvalue weighted by Gasteiger charge is -2.14. The van der Waals surface area contributed by atoms with Gasteiger partial charge in [-0.15, -0.1) is 5.11 Å². The molecule has 0 aliphatic rings. The maximum absolute atomic E-state index is 12.7. The van der Waals surface area contributed by atoms with Gasteiger partial charge in [-0.1, -0.05) is 23.2 Å². The van der Waals surface area contributed by atoms with E-state index in [1.807, 2.05) is 0 Å². The predicted molar refractivity (Wildman–Crippen MR) is 117 cm³/mol. The van der Waals surface area contributed by atoms with E-state index in [9.17, 15) is 9.59 Å². The fraction of sp³-hybridized carbons (Fsp3) is 0.300. The van der Waals surface area contributed by atoms with Crippen LogP contribution in [0.5, 0.6) is 23.0 Å². The van der Waals surface area contributed by atoms with Gasteiger partial charge in [-0.3, -0.25) is 9.59 Å². The molecule has 11 heteroatoms. The number of ether oxygens (including phenoxy) is 4. The average Bonchev–Trinajstić information content (AvgIpc) is 2.73. The summed E-state index contributed by atoms with van der Waals surface area (Å²) >= 11 is 12.4. The van der Waals surface area contributed by atoms with Gasteiger partial charge < -0.3 is 24.3 Å². The first-order valence-electron chi connectivity index (χ1n) is 8.80. The average molecular weight is 470 g/mol. The number of hydrogen-bond donors (Lipinski definition) is 1. The Morgan fingerprint density at radius 1 is 0.903 bits per heavy atom. The van der Waals surface area contributed by atoms with Crippen LogP contribution in [0.1, 0.15) is 6.92 Å². The van der Waals surface area contributed by atoms with Gasteiger partial charge in [0.25, 0.3) is 5.91 Å². The van der Waals surface area contributed by atoms with Crippen molar-refractivity contribution in [3.05, 3.63) is 34.3 Å². The third-order valence-electron chi connectivity index (χ3n) is 4.07. The Labute approximate surface area is 189 Å². The Hall–Kier alpha value is -3.04. The molecule has 0 bridgehead atoms. The van der Waals surface area contributed by atoms with Crippen LogP contribution in [0.2, 0.25) is 10.0 Å². The number of ketones is 1. The normalized spacial score (nSPS) is 11.7. The maximum atomic E-state index is 12.7. The second-order valence-corrected chi connectivity index (χ2v) is 6.89. The first-order chi connectivity index (χ1) is 14.7. The molecule has 1 amide bonds. The molecule has 1 unspecified atom stereocenters. The van der Waals surface area contributed by atoms with Crippen LogP contribution in [0.3, 0.4) is 0 Å². The van der Waals surface area contributed by atoms with E-state index in [4.69, 9.17) is 42.1 Å². The minimum Gasteiger partial charge on any atom is -0.497 e. The number of anilines is 1. The summed E-state index contributed by atoms with van der Waals surface area (Å²) in [5, 5.41) is 10.8. The molecule has 1 atom stereocenters. The van der Waals surface area contributed by atoms with Gasteiger partial charge in [-0.25, -0.2) is 0 Å². The summed E-state index contributed by atoms with van der Waals surface area (Å²) in [6.45, 7) is 1.22. The van der Waals surface area contributed by atoms with Gasteiger partial charge in [-0.05, 0) is 13.0 Å². The van der Waals surface area contributed by atoms with Gasteiger partial charge in [0.1, 0.15) is 11.4 Å². The molecule has 0 spiro atoms. The Morgan fingerprint density at radius 2 is 1.58 bits per heavy atom. The standard InChI is InChI=1S/C20H21Cl2N3O6/c1-10(26)17(24-25-18-13(21)8-12(28-2)9-15(18)29-3)20(27)23-11-6-14(22)19(31-5)16(7-11)30-4/h6-9,17H,1-5H3,(H,23,27). The first kappa shape index (κ1) is 24.2. The van der Waals surface area contributed by atoms with Crippen LogP contribution in [0, 0.1) is 0 Å². The summed E-state index contributed by atoms with van der Waals surface area (Å²) in [5.41, 5.74) is 0.437. The highest BCUT2D eigenvalue weighted by molar-refractivity contribution is 6.33. The number of Topliss-reactive ketones (excluding diaryl/α,β-unsaturated/α-hetero) is 1. The molecule has 2 aromatic rings. The van der Waals surface area contributed by atoms with Crippen molar-refractivity contribution < 1.29 is 28.5 Å². The molecule has 2 rings (SSSR count). The molecule has 0 fully saturated rings. The number of azo groups is 1. The zero-order chi connectivity index (χ0) is 23.1. The molecule has 0 aromatic heterocycles. The van der Waals surface area contributed by atoms with E-state index >= 15 is 0 Å². The number of carbonyl (C=O) groups excluding carboxylic acids is 2. The van der Waals surface area contributed by atoms with Gasteiger partial charge in [-0.2, -0.15) is 5.11 Å². The van der Waals surface area contributed by atoms with Crippen molar-refractivity contribution in [3.63, 3.8) is 0 Å². The molecule has 2 aromatic carbocycles. The molecule has 0 radical (unpaired) electrons. The summed E-state index contributed by atoms with van der Waals surface area (Å²) in [6.07, 6.45) is 0. The number of methoxy groups -OCH3 is 4. The van der Waals surface area contributed by atoms with Crippen LogP contribution in [0.15, 0.2) is 34.5 Å². The summed E-state index contributed by atoms with van der Waals surface area (Å²) in [4.78, 5) is 24.8. The molecule has 0 heterocycles. The molecular formula is C20H21Cl2N3O6. The number of nitrogens with one attached hydrogen (secondary N) is 1. The molecule has 166 valence electrons. The van der Waals surface area contributed by atoms with Crippen molar-refractivity contribution >= 4 is 46.3 Å². The van der Waals surface area contributed by atoms with Crippen LogP contribution in [0.25, 0.3) is 0 Å². The van der Waals surface area contributed by atoms with E-state index in [2.05, 4.69) is 15.5 Å². The first-order valence-corrected chi connectivity index (χ1v) is 9.56. The molecule has 0 saturated carbocycles. The molecule has 31 heavy (non-hydrogen) atoms. The quantitative estimate of drug-likeness (QED) is 0.420. The lowest BCUT2D eigenvalue weighted by molar-refractivity contribution is -0.126. The molecule has 0 saturated heterocycles. The molecule has 0 aliphatic carbocycles. The van der Waals surface area contributed by atoms with Crippen LogP contribution < -0.4 is 24.3 Å². The number of benzene rings is 2. The predicted octanol–water partition coefficient (Wildman–Crippen LogP) is 4.71. The fourth-order valence-corrected chi connectivity index (χ4v) is 3.08. The highest BCUT2D eigenvalue weighted by Gasteiger charge is 2.25. The van der Waals surface area contributed by atoms with Crippen molar-refractivity contribution in [2.24, 2.45) is 10.2 Å². The third kappa shape index (κ3) is 5.77. The summed E-state index contributed by atoms with van der Waals surface area (Å²) < 4.78 is 20.7. The van der Waals surface area contributed by atoms with E-state index in [1.165, 1.54) is 53.6 Å². The highest BCUT2D eigenvalue weighted by atomic mass is 35.5. The van der Waals surface area contributed by atoms with Gasteiger partial charge >= 0.3 is 0 Å². The Balaban J connectivity index is 2.32. The van der Waals surface area contributed by atoms with Crippen molar-refractivity contribution in [1.29, 1.82) is 0 Å². The second-order valence-electron chi connectivity index (χ2n) is 6.07. The van der Waals surface area contributed by atoms with Crippen LogP contribution in [-0.4, -0.2) is 46.2 Å². The van der Waals surface area contributed by atoms with Gasteiger partial charge in [0.2, 0.25) is 6.04 Å². The maximum Gasteiger partial charge on any atom is 0.258 e. The van der Waals surface area contributed by atoms with Crippen LogP contribution in [0.4, 0.5) is 11.4 Å². The second kappa shape index (κ2) is 10.8. The highest BCUT2D eigenvalue weighted by Crippen LogP contribution is 2.40. The minimum atomic E-state index is -1.44. The zero-order valence-corrected chi connectivity index (χ0v) is 19.0. The third-order valence-corrected chi connectivity index (χ3v) is 4.63. The monoisotopic (exact) mass is 469 g/mol. The summed E-state index contributed by atoms with van der Waals surface area (Å²) in [6, 6.07) is 4.58. The molecule has 9 nitrogen and oxygen atoms in total. The van der Waals surface area contributed by atoms with Gasteiger partial charge in [0, 0.05) is 23.9 Å². The molecular weight excluding hydrogens is 449 g/mol. The van der Waals surface area contributed by atoms with E-state index < -0.39 is 17.7 Å². The van der Waals surface area contributed by atoms with Crippen molar-refractivity contribution in [1.82, 2.24) is 0 Å². The van der Waals surface area contributed by atoms with Crippen molar-refractivity contribution in [2.45, 2.75) is 13.0 Å². The van der Waals surface area contributed by atoms with Crippen LogP contribution in [-0.2, 0) is 9.59 Å². The van der Waals surface area contributed by atoms with Gasteiger partial charge in [0.15, 0.2) is 23.0 Å². The van der Waals surface area contributed by atoms with Crippen LogP contribution >= 0.6 is 23.2 Å². The number of amides is 1. The van der Waals surface area contributed by atoms with E-state index in [1.54, 1.807) is 6.07 Å². The van der Waals surface area contributed by atoms with Gasteiger partial charge in [0.05, 0.1) is 38.5 Å². The SMILES string of the molecule is COc1cc(Cl)c(N=NC(C(C)=O)C(=O)Nc2cc(Cl)c(OC)c(OC)c2)c(OC)c1. The number of hydrogen-bond acceptors (Lipinski definition) is 8. The Morgan fingerprint density at radius 3 is 2.13 bits per heavy atom. The smallest absolute Gasteiger partial charge is 0.258 e. The lowest BCUT2D eigenvalue weighted by Crippen LogP contribution is -2.31. The molecule has 0 aliphatic heterocycles. The number of halogens is 2. The Bertz CT molecular complexity index is 1010. The Kier molecular flexibility index (Phi) is 8.47. The van der Waals surface area contributed by atoms with E-state index in [0.717, 1.165) is 0 Å². The van der Waals surface area contributed by atoms with E-state index in [0.29, 0.717) is 17.2 Å². The fourth-order valence-electron chi connectivity index (χ4n) is 2.56. The number of carbonyl (C=O) groups is 2. The van der Waals surface area contributed by atoms with Crippen molar-refractivity contribution in [2.75, 3.05) is 33.8 Å².